The monoisotopic (exact) mass is 353 g/mol. The Morgan fingerprint density at radius 3 is 2.50 bits per heavy atom. The normalized spacial score (nSPS) is 17.5. The number of hydrogen-bond donors (Lipinski definition) is 0. The smallest absolute Gasteiger partial charge is 0.257 e. The molecule has 0 N–H and O–H groups in total. The molecule has 4 rings (SSSR count). The first-order valence-corrected chi connectivity index (χ1v) is 9.75. The Morgan fingerprint density at radius 1 is 1.19 bits per heavy atom. The molecule has 1 amide bonds. The second kappa shape index (κ2) is 7.23. The molecule has 0 spiro atoms. The summed E-state index contributed by atoms with van der Waals surface area (Å²) in [5.74, 6) is 0.578. The lowest BCUT2D eigenvalue weighted by atomic mass is 10.0. The van der Waals surface area contributed by atoms with Crippen LogP contribution in [0.1, 0.15) is 59.4 Å². The highest BCUT2D eigenvalue weighted by atomic mass is 16.5. The average Bonchev–Trinajstić information content (AvgIpc) is 3.45. The molecular formula is C21H27N3O2. The first-order chi connectivity index (χ1) is 12.7. The average molecular weight is 353 g/mol. The Kier molecular flexibility index (Phi) is 4.81. The fourth-order valence-electron chi connectivity index (χ4n) is 3.64. The Hall–Kier alpha value is -2.14. The maximum absolute atomic E-state index is 13.4. The molecule has 2 aliphatic rings. The van der Waals surface area contributed by atoms with Gasteiger partial charge >= 0.3 is 0 Å². The van der Waals surface area contributed by atoms with Gasteiger partial charge < -0.3 is 9.64 Å². The second-order valence-corrected chi connectivity index (χ2v) is 7.38. The molecule has 1 aliphatic carbocycles. The molecule has 0 bridgehead atoms. The fraction of sp³-hybridized carbons (Fsp3) is 0.524. The minimum atomic E-state index is 0.136. The molecule has 2 aromatic rings. The minimum Gasteiger partial charge on any atom is -0.378 e. The van der Waals surface area contributed by atoms with Crippen LogP contribution in [0.5, 0.6) is 0 Å². The largest absolute Gasteiger partial charge is 0.378 e. The molecule has 2 heterocycles. The number of ether oxygens (including phenoxy) is 1. The molecular weight excluding hydrogens is 326 g/mol. The lowest BCUT2D eigenvalue weighted by Crippen LogP contribution is -2.41. The van der Waals surface area contributed by atoms with E-state index in [0.29, 0.717) is 32.2 Å². The minimum absolute atomic E-state index is 0.136. The number of hydrogen-bond acceptors (Lipinski definition) is 3. The molecule has 2 fully saturated rings. The van der Waals surface area contributed by atoms with Gasteiger partial charge in [-0.05, 0) is 38.3 Å². The van der Waals surface area contributed by atoms with Crippen LogP contribution in [0.4, 0.5) is 0 Å². The first kappa shape index (κ1) is 17.3. The maximum Gasteiger partial charge on any atom is 0.257 e. The van der Waals surface area contributed by atoms with Gasteiger partial charge in [0.25, 0.3) is 5.91 Å². The van der Waals surface area contributed by atoms with Crippen LogP contribution in [0.25, 0.3) is 5.69 Å². The van der Waals surface area contributed by atoms with Crippen LogP contribution < -0.4 is 0 Å². The van der Waals surface area contributed by atoms with Crippen molar-refractivity contribution in [1.82, 2.24) is 14.7 Å². The predicted octanol–water partition coefficient (Wildman–Crippen LogP) is 3.48. The SMILES string of the molecule is CCCc1c(C(=O)N2CCOCC2)c(C2CC2)nn1-c1ccc(C)cc1. The molecule has 26 heavy (non-hydrogen) atoms. The lowest BCUT2D eigenvalue weighted by Gasteiger charge is -2.27. The van der Waals surface area contributed by atoms with Crippen molar-refractivity contribution in [2.24, 2.45) is 0 Å². The zero-order valence-corrected chi connectivity index (χ0v) is 15.7. The highest BCUT2D eigenvalue weighted by molar-refractivity contribution is 5.97. The van der Waals surface area contributed by atoms with Gasteiger partial charge in [0.2, 0.25) is 0 Å². The number of amides is 1. The first-order valence-electron chi connectivity index (χ1n) is 9.75. The Labute approximate surface area is 154 Å². The number of benzene rings is 1. The van der Waals surface area contributed by atoms with Gasteiger partial charge in [0.15, 0.2) is 0 Å². The van der Waals surface area contributed by atoms with Crippen molar-refractivity contribution in [3.05, 3.63) is 46.8 Å². The van der Waals surface area contributed by atoms with E-state index in [9.17, 15) is 4.79 Å². The van der Waals surface area contributed by atoms with E-state index < -0.39 is 0 Å². The van der Waals surface area contributed by atoms with E-state index in [1.54, 1.807) is 0 Å². The molecule has 0 unspecified atom stereocenters. The van der Waals surface area contributed by atoms with Gasteiger partial charge in [0.1, 0.15) is 0 Å². The van der Waals surface area contributed by atoms with E-state index in [2.05, 4.69) is 38.1 Å². The molecule has 1 saturated heterocycles. The molecule has 0 radical (unpaired) electrons. The molecule has 5 heteroatoms. The number of aryl methyl sites for hydroxylation is 1. The van der Waals surface area contributed by atoms with Crippen LogP contribution in [0, 0.1) is 6.92 Å². The summed E-state index contributed by atoms with van der Waals surface area (Å²) in [5.41, 5.74) is 5.20. The van der Waals surface area contributed by atoms with E-state index in [-0.39, 0.29) is 5.91 Å². The summed E-state index contributed by atoms with van der Waals surface area (Å²) in [4.78, 5) is 15.3. The summed E-state index contributed by atoms with van der Waals surface area (Å²) >= 11 is 0. The third-order valence-corrected chi connectivity index (χ3v) is 5.25. The Balaban J connectivity index is 1.80. The van der Waals surface area contributed by atoms with Gasteiger partial charge in [0, 0.05) is 19.0 Å². The van der Waals surface area contributed by atoms with Crippen molar-refractivity contribution in [2.45, 2.75) is 45.4 Å². The van der Waals surface area contributed by atoms with Crippen molar-refractivity contribution >= 4 is 5.91 Å². The van der Waals surface area contributed by atoms with E-state index >= 15 is 0 Å². The highest BCUT2D eigenvalue weighted by Gasteiger charge is 2.36. The van der Waals surface area contributed by atoms with Crippen LogP contribution in [-0.2, 0) is 11.2 Å². The summed E-state index contributed by atoms with van der Waals surface area (Å²) in [7, 11) is 0. The molecule has 138 valence electrons. The number of aromatic nitrogens is 2. The molecule has 0 atom stereocenters. The van der Waals surface area contributed by atoms with E-state index in [4.69, 9.17) is 9.84 Å². The highest BCUT2D eigenvalue weighted by Crippen LogP contribution is 2.42. The van der Waals surface area contributed by atoms with Gasteiger partial charge in [-0.15, -0.1) is 0 Å². The summed E-state index contributed by atoms with van der Waals surface area (Å²) in [6, 6.07) is 8.41. The third-order valence-electron chi connectivity index (χ3n) is 5.25. The van der Waals surface area contributed by atoms with Crippen molar-refractivity contribution in [3.8, 4) is 5.69 Å². The zero-order valence-electron chi connectivity index (χ0n) is 15.7. The quantitative estimate of drug-likeness (QED) is 0.827. The van der Waals surface area contributed by atoms with Crippen LogP contribution in [0.3, 0.4) is 0 Å². The fourth-order valence-corrected chi connectivity index (χ4v) is 3.64. The Morgan fingerprint density at radius 2 is 1.88 bits per heavy atom. The molecule has 1 aliphatic heterocycles. The van der Waals surface area contributed by atoms with Crippen LogP contribution in [0.2, 0.25) is 0 Å². The molecule has 1 aromatic heterocycles. The number of nitrogens with zero attached hydrogens (tertiary/aromatic N) is 3. The van der Waals surface area contributed by atoms with E-state index in [0.717, 1.165) is 48.3 Å². The van der Waals surface area contributed by atoms with E-state index in [1.165, 1.54) is 5.56 Å². The number of carbonyl (C=O) groups excluding carboxylic acids is 1. The maximum atomic E-state index is 13.4. The molecule has 1 aromatic carbocycles. The standard InChI is InChI=1S/C21H27N3O2/c1-3-4-18-19(21(25)23-11-13-26-14-12-23)20(16-7-8-16)22-24(18)17-9-5-15(2)6-10-17/h5-6,9-10,16H,3-4,7-8,11-14H2,1-2H3. The van der Waals surface area contributed by atoms with Crippen molar-refractivity contribution < 1.29 is 9.53 Å². The number of morpholine rings is 1. The summed E-state index contributed by atoms with van der Waals surface area (Å²) in [6.07, 6.45) is 4.13. The second-order valence-electron chi connectivity index (χ2n) is 7.38. The van der Waals surface area contributed by atoms with Gasteiger partial charge in [-0.1, -0.05) is 31.0 Å². The zero-order chi connectivity index (χ0) is 18.1. The number of carbonyl (C=O) groups is 1. The van der Waals surface area contributed by atoms with Gasteiger partial charge in [-0.3, -0.25) is 4.79 Å². The predicted molar refractivity (Wildman–Crippen MR) is 101 cm³/mol. The van der Waals surface area contributed by atoms with Crippen molar-refractivity contribution in [3.63, 3.8) is 0 Å². The summed E-state index contributed by atoms with van der Waals surface area (Å²) in [5, 5.41) is 4.94. The van der Waals surface area contributed by atoms with Crippen molar-refractivity contribution in [2.75, 3.05) is 26.3 Å². The van der Waals surface area contributed by atoms with E-state index in [1.807, 2.05) is 9.58 Å². The molecule has 1 saturated carbocycles. The van der Waals surface area contributed by atoms with Gasteiger partial charge in [-0.25, -0.2) is 4.68 Å². The third kappa shape index (κ3) is 3.28. The summed E-state index contributed by atoms with van der Waals surface area (Å²) < 4.78 is 7.44. The van der Waals surface area contributed by atoms with Gasteiger partial charge in [-0.2, -0.15) is 5.10 Å². The number of rotatable bonds is 5. The van der Waals surface area contributed by atoms with Gasteiger partial charge in [0.05, 0.1) is 35.9 Å². The lowest BCUT2D eigenvalue weighted by molar-refractivity contribution is 0.0301. The van der Waals surface area contributed by atoms with Crippen LogP contribution in [-0.4, -0.2) is 46.9 Å². The van der Waals surface area contributed by atoms with Crippen LogP contribution >= 0.6 is 0 Å². The summed E-state index contributed by atoms with van der Waals surface area (Å²) in [6.45, 7) is 6.84. The Bertz CT molecular complexity index is 784. The molecule has 5 nitrogen and oxygen atoms in total. The van der Waals surface area contributed by atoms with Crippen LogP contribution in [0.15, 0.2) is 24.3 Å². The topological polar surface area (TPSA) is 47.4 Å². The van der Waals surface area contributed by atoms with Crippen molar-refractivity contribution in [1.29, 1.82) is 0 Å².